The van der Waals surface area contributed by atoms with Crippen LogP contribution in [-0.4, -0.2) is 0 Å². The molecule has 2 heteroatoms. The van der Waals surface area contributed by atoms with Crippen molar-refractivity contribution in [2.75, 3.05) is 0 Å². The van der Waals surface area contributed by atoms with Gasteiger partial charge in [-0.25, -0.2) is 9.13 Å². The molecule has 4 aromatic rings. The van der Waals surface area contributed by atoms with Gasteiger partial charge in [-0.15, -0.1) is 0 Å². The van der Waals surface area contributed by atoms with Gasteiger partial charge < -0.3 is 0 Å². The number of nitrogens with zero attached hydrogens (tertiary/aromatic N) is 2. The second-order valence-corrected chi connectivity index (χ2v) is 8.00. The summed E-state index contributed by atoms with van der Waals surface area (Å²) in [6, 6.07) is 24.7. The Kier molecular flexibility index (Phi) is 7.47. The molecule has 0 bridgehead atoms. The van der Waals surface area contributed by atoms with E-state index in [1.165, 1.54) is 11.1 Å². The van der Waals surface area contributed by atoms with Crippen LogP contribution in [0.3, 0.4) is 0 Å². The van der Waals surface area contributed by atoms with E-state index in [0.717, 1.165) is 22.3 Å². The fourth-order valence-electron chi connectivity index (χ4n) is 3.19. The van der Waals surface area contributed by atoms with Crippen LogP contribution in [0.1, 0.15) is 33.4 Å². The van der Waals surface area contributed by atoms with Gasteiger partial charge in [0.1, 0.15) is 14.1 Å². The Morgan fingerprint density at radius 3 is 1.06 bits per heavy atom. The third kappa shape index (κ3) is 6.92. The molecule has 162 valence electrons. The van der Waals surface area contributed by atoms with E-state index in [4.69, 9.17) is 0 Å². The molecule has 0 radical (unpaired) electrons. The molecule has 2 aromatic carbocycles. The Morgan fingerprint density at radius 2 is 0.735 bits per heavy atom. The quantitative estimate of drug-likeness (QED) is 0.310. The van der Waals surface area contributed by atoms with Gasteiger partial charge in [-0.05, 0) is 58.4 Å². The van der Waals surface area contributed by atoms with Crippen LogP contribution in [0.25, 0.3) is 24.3 Å². The molecular formula is C32H26N2+2. The van der Waals surface area contributed by atoms with Crippen molar-refractivity contribution in [2.24, 2.45) is 14.1 Å². The van der Waals surface area contributed by atoms with Gasteiger partial charge in [0.25, 0.3) is 0 Å². The van der Waals surface area contributed by atoms with Gasteiger partial charge in [0.2, 0.25) is 0 Å². The van der Waals surface area contributed by atoms with Gasteiger partial charge in [0.05, 0.1) is 0 Å². The molecule has 0 N–H and O–H groups in total. The molecule has 0 amide bonds. The minimum atomic E-state index is 0.952. The third-order valence-corrected chi connectivity index (χ3v) is 5.24. The Hall–Kier alpha value is -4.66. The van der Waals surface area contributed by atoms with Crippen molar-refractivity contribution < 1.29 is 9.13 Å². The maximum Gasteiger partial charge on any atom is 0.169 e. The highest BCUT2D eigenvalue weighted by atomic mass is 14.9. The number of benzene rings is 2. The van der Waals surface area contributed by atoms with E-state index in [2.05, 4.69) is 96.5 Å². The molecule has 0 atom stereocenters. The monoisotopic (exact) mass is 438 g/mol. The highest BCUT2D eigenvalue weighted by Gasteiger charge is 1.94. The van der Waals surface area contributed by atoms with Crippen molar-refractivity contribution in [3.63, 3.8) is 0 Å². The van der Waals surface area contributed by atoms with Crippen LogP contribution in [0.15, 0.2) is 97.6 Å². The first-order valence-electron chi connectivity index (χ1n) is 11.1. The molecule has 4 rings (SSSR count). The predicted molar refractivity (Wildman–Crippen MR) is 140 cm³/mol. The summed E-state index contributed by atoms with van der Waals surface area (Å²) in [5, 5.41) is 0. The zero-order valence-corrected chi connectivity index (χ0v) is 19.4. The summed E-state index contributed by atoms with van der Waals surface area (Å²) in [4.78, 5) is 0. The number of hydrogen-bond donors (Lipinski definition) is 0. The molecule has 0 aliphatic heterocycles. The van der Waals surface area contributed by atoms with Crippen LogP contribution in [0.5, 0.6) is 0 Å². The van der Waals surface area contributed by atoms with E-state index >= 15 is 0 Å². The fourth-order valence-corrected chi connectivity index (χ4v) is 3.19. The minimum Gasteiger partial charge on any atom is -0.208 e. The van der Waals surface area contributed by atoms with Crippen molar-refractivity contribution in [1.82, 2.24) is 0 Å². The summed E-state index contributed by atoms with van der Waals surface area (Å²) in [6.45, 7) is 0. The van der Waals surface area contributed by atoms with Crippen LogP contribution < -0.4 is 9.13 Å². The average molecular weight is 439 g/mol. The highest BCUT2D eigenvalue weighted by Crippen LogP contribution is 2.10. The number of aromatic nitrogens is 2. The smallest absolute Gasteiger partial charge is 0.169 e. The molecule has 2 nitrogen and oxygen atoms in total. The lowest BCUT2D eigenvalue weighted by Gasteiger charge is -1.95. The van der Waals surface area contributed by atoms with Crippen LogP contribution in [0, 0.1) is 23.7 Å². The minimum absolute atomic E-state index is 0.952. The van der Waals surface area contributed by atoms with Crippen LogP contribution in [-0.2, 0) is 14.1 Å². The zero-order valence-electron chi connectivity index (χ0n) is 19.4. The first-order valence-corrected chi connectivity index (χ1v) is 11.1. The van der Waals surface area contributed by atoms with E-state index in [-0.39, 0.29) is 0 Å². The van der Waals surface area contributed by atoms with Gasteiger partial charge in [-0.3, -0.25) is 0 Å². The lowest BCUT2D eigenvalue weighted by atomic mass is 10.1. The maximum atomic E-state index is 3.11. The van der Waals surface area contributed by atoms with E-state index in [1.807, 2.05) is 72.3 Å². The Bertz CT molecular complexity index is 1300. The molecule has 0 aliphatic carbocycles. The lowest BCUT2D eigenvalue weighted by Crippen LogP contribution is -2.25. The van der Waals surface area contributed by atoms with Crippen LogP contribution >= 0.6 is 0 Å². The van der Waals surface area contributed by atoms with Crippen molar-refractivity contribution >= 4 is 24.3 Å². The highest BCUT2D eigenvalue weighted by molar-refractivity contribution is 5.70. The number of rotatable bonds is 4. The number of hydrogen-bond acceptors (Lipinski definition) is 0. The zero-order chi connectivity index (χ0) is 23.6. The standard InChI is InChI=1S/C32H26N2/c1-33-23-19-31(20-24-33)17-15-29-11-7-27(8-12-29)5-3-4-6-28-9-13-30(14-10-28)16-18-32-21-25-34(2)26-22-32/h7-26H,1-2H3/q+2/b17-15+,18-16+. The summed E-state index contributed by atoms with van der Waals surface area (Å²) in [7, 11) is 4.03. The third-order valence-electron chi connectivity index (χ3n) is 5.24. The van der Waals surface area contributed by atoms with E-state index in [1.54, 1.807) is 0 Å². The summed E-state index contributed by atoms with van der Waals surface area (Å²) in [6.07, 6.45) is 16.6. The second-order valence-electron chi connectivity index (χ2n) is 8.00. The molecule has 0 aliphatic rings. The van der Waals surface area contributed by atoms with Crippen molar-refractivity contribution in [3.05, 3.63) is 131 Å². The summed E-state index contributed by atoms with van der Waals surface area (Å²) in [5.74, 6) is 12.1. The second kappa shape index (κ2) is 11.3. The van der Waals surface area contributed by atoms with Gasteiger partial charge in [0, 0.05) is 35.4 Å². The van der Waals surface area contributed by atoms with Crippen molar-refractivity contribution in [1.29, 1.82) is 0 Å². The van der Waals surface area contributed by atoms with Gasteiger partial charge >= 0.3 is 0 Å². The SMILES string of the molecule is C[n+]1ccc(/C=C/c2ccc(C#CC#Cc3ccc(/C=C/c4cc[n+](C)cc4)cc3)cc2)cc1. The summed E-state index contributed by atoms with van der Waals surface area (Å²) in [5.41, 5.74) is 6.53. The topological polar surface area (TPSA) is 7.76 Å². The molecule has 34 heavy (non-hydrogen) atoms. The first kappa shape index (κ1) is 22.5. The van der Waals surface area contributed by atoms with Crippen LogP contribution in [0.2, 0.25) is 0 Å². The Balaban J connectivity index is 1.33. The molecule has 0 saturated carbocycles. The number of pyridine rings is 2. The van der Waals surface area contributed by atoms with E-state index < -0.39 is 0 Å². The average Bonchev–Trinajstić information content (AvgIpc) is 2.87. The molecule has 0 saturated heterocycles. The normalized spacial score (nSPS) is 10.5. The summed E-state index contributed by atoms with van der Waals surface area (Å²) < 4.78 is 4.04. The number of aryl methyl sites for hydroxylation is 2. The Labute approximate surface area is 202 Å². The molecule has 2 aromatic heterocycles. The van der Waals surface area contributed by atoms with Crippen molar-refractivity contribution in [3.8, 4) is 23.7 Å². The van der Waals surface area contributed by atoms with Gasteiger partial charge in [0.15, 0.2) is 24.8 Å². The lowest BCUT2D eigenvalue weighted by molar-refractivity contribution is -0.671. The van der Waals surface area contributed by atoms with E-state index in [0.29, 0.717) is 0 Å². The Morgan fingerprint density at radius 1 is 0.441 bits per heavy atom. The fraction of sp³-hybridized carbons (Fsp3) is 0.0625. The molecule has 0 fully saturated rings. The summed E-state index contributed by atoms with van der Waals surface area (Å²) >= 11 is 0. The van der Waals surface area contributed by atoms with Gasteiger partial charge in [-0.2, -0.15) is 0 Å². The maximum absolute atomic E-state index is 3.11. The van der Waals surface area contributed by atoms with E-state index in [9.17, 15) is 0 Å². The van der Waals surface area contributed by atoms with Gasteiger partial charge in [-0.1, -0.05) is 60.4 Å². The molecule has 2 heterocycles. The first-order chi connectivity index (χ1) is 16.6. The molecule has 0 spiro atoms. The van der Waals surface area contributed by atoms with Crippen LogP contribution in [0.4, 0.5) is 0 Å². The van der Waals surface area contributed by atoms with Crippen molar-refractivity contribution in [2.45, 2.75) is 0 Å². The molecular weight excluding hydrogens is 412 g/mol. The molecule has 0 unspecified atom stereocenters. The predicted octanol–water partition coefficient (Wildman–Crippen LogP) is 5.08. The largest absolute Gasteiger partial charge is 0.208 e.